The first kappa shape index (κ1) is 15.1. The summed E-state index contributed by atoms with van der Waals surface area (Å²) in [5, 5.41) is 12.7. The number of carboxylic acids is 1. The first-order valence-electron chi connectivity index (χ1n) is 5.38. The van der Waals surface area contributed by atoms with Crippen molar-refractivity contribution in [3.63, 3.8) is 0 Å². The molecule has 0 fully saturated rings. The van der Waals surface area contributed by atoms with Crippen LogP contribution in [0, 0.1) is 0 Å². The lowest BCUT2D eigenvalue weighted by molar-refractivity contribution is 0.0685. The monoisotopic (exact) mass is 286 g/mol. The number of hydrogen-bond donors (Lipinski definition) is 1. The maximum atomic E-state index is 11.5. The van der Waals surface area contributed by atoms with Crippen LogP contribution in [0.5, 0.6) is 0 Å². The maximum Gasteiger partial charge on any atom is 0.355 e. The highest BCUT2D eigenvalue weighted by Crippen LogP contribution is 2.15. The van der Waals surface area contributed by atoms with Crippen LogP contribution in [0.1, 0.15) is 30.0 Å². The van der Waals surface area contributed by atoms with Gasteiger partial charge in [0.05, 0.1) is 10.6 Å². The lowest BCUT2D eigenvalue weighted by atomic mass is 10.2. The van der Waals surface area contributed by atoms with Gasteiger partial charge >= 0.3 is 5.97 Å². The minimum absolute atomic E-state index is 0.248. The molecule has 1 aromatic rings. The molecule has 0 atom stereocenters. The van der Waals surface area contributed by atoms with Crippen LogP contribution in [0.15, 0.2) is 22.2 Å². The number of nitrogens with zero attached hydrogens (tertiary/aromatic N) is 2. The second kappa shape index (κ2) is 5.79. The summed E-state index contributed by atoms with van der Waals surface area (Å²) in [6.45, 7) is 3.70. The summed E-state index contributed by atoms with van der Waals surface area (Å²) in [7, 11) is -3.65. The molecular weight excluding hydrogens is 272 g/mol. The minimum Gasteiger partial charge on any atom is -0.476 e. The SMILES string of the molecule is CCO/N=C(\C)c1ccc(S(C)(=O)=O)c(C(=O)O)n1. The van der Waals surface area contributed by atoms with Gasteiger partial charge in [-0.25, -0.2) is 18.2 Å². The molecule has 19 heavy (non-hydrogen) atoms. The summed E-state index contributed by atoms with van der Waals surface area (Å²) < 4.78 is 22.9. The Morgan fingerprint density at radius 2 is 2.11 bits per heavy atom. The van der Waals surface area contributed by atoms with Crippen LogP contribution in [0.3, 0.4) is 0 Å². The third kappa shape index (κ3) is 3.75. The van der Waals surface area contributed by atoms with Gasteiger partial charge in [0, 0.05) is 6.26 Å². The van der Waals surface area contributed by atoms with Crippen LogP contribution in [0.25, 0.3) is 0 Å². The molecule has 8 heteroatoms. The average Bonchev–Trinajstić information content (AvgIpc) is 2.34. The van der Waals surface area contributed by atoms with Gasteiger partial charge in [-0.05, 0) is 26.0 Å². The predicted molar refractivity (Wildman–Crippen MR) is 68.1 cm³/mol. The molecule has 0 saturated carbocycles. The molecule has 0 unspecified atom stereocenters. The predicted octanol–water partition coefficient (Wildman–Crippen LogP) is 0.944. The summed E-state index contributed by atoms with van der Waals surface area (Å²) in [6, 6.07) is 2.59. The summed E-state index contributed by atoms with van der Waals surface area (Å²) in [4.78, 5) is 19.4. The fraction of sp³-hybridized carbons (Fsp3) is 0.364. The van der Waals surface area contributed by atoms with Crippen LogP contribution < -0.4 is 0 Å². The molecule has 1 heterocycles. The zero-order valence-electron chi connectivity index (χ0n) is 10.7. The number of carbonyl (C=O) groups is 1. The van der Waals surface area contributed by atoms with E-state index in [1.807, 2.05) is 0 Å². The van der Waals surface area contributed by atoms with Crippen LogP contribution in [-0.4, -0.2) is 43.1 Å². The summed E-state index contributed by atoms with van der Waals surface area (Å²) >= 11 is 0. The summed E-state index contributed by atoms with van der Waals surface area (Å²) in [5.41, 5.74) is 0.0914. The van der Waals surface area contributed by atoms with E-state index in [0.29, 0.717) is 12.3 Å². The number of sulfone groups is 1. The molecule has 1 aromatic heterocycles. The van der Waals surface area contributed by atoms with Crippen molar-refractivity contribution in [1.82, 2.24) is 4.98 Å². The Morgan fingerprint density at radius 3 is 2.58 bits per heavy atom. The van der Waals surface area contributed by atoms with E-state index >= 15 is 0 Å². The van der Waals surface area contributed by atoms with Crippen LogP contribution in [-0.2, 0) is 14.7 Å². The number of hydrogen-bond acceptors (Lipinski definition) is 6. The van der Waals surface area contributed by atoms with E-state index in [1.54, 1.807) is 13.8 Å². The Balaban J connectivity index is 3.36. The highest BCUT2D eigenvalue weighted by atomic mass is 32.2. The smallest absolute Gasteiger partial charge is 0.355 e. The van der Waals surface area contributed by atoms with Gasteiger partial charge in [-0.3, -0.25) is 0 Å². The highest BCUT2D eigenvalue weighted by Gasteiger charge is 2.21. The van der Waals surface area contributed by atoms with Crippen LogP contribution >= 0.6 is 0 Å². The zero-order valence-corrected chi connectivity index (χ0v) is 11.6. The first-order valence-corrected chi connectivity index (χ1v) is 7.27. The van der Waals surface area contributed by atoms with Crippen LogP contribution in [0.2, 0.25) is 0 Å². The van der Waals surface area contributed by atoms with Gasteiger partial charge < -0.3 is 9.94 Å². The van der Waals surface area contributed by atoms with Crippen molar-refractivity contribution in [2.75, 3.05) is 12.9 Å². The molecule has 1 rings (SSSR count). The van der Waals surface area contributed by atoms with Gasteiger partial charge in [-0.2, -0.15) is 0 Å². The topological polar surface area (TPSA) is 106 Å². The molecule has 104 valence electrons. The second-order valence-corrected chi connectivity index (χ2v) is 5.70. The van der Waals surface area contributed by atoms with Crippen molar-refractivity contribution in [3.05, 3.63) is 23.5 Å². The molecule has 0 aromatic carbocycles. The Labute approximate surface area is 110 Å². The number of pyridine rings is 1. The zero-order chi connectivity index (χ0) is 14.6. The van der Waals surface area contributed by atoms with Crippen molar-refractivity contribution in [1.29, 1.82) is 0 Å². The van der Waals surface area contributed by atoms with Gasteiger partial charge in [-0.1, -0.05) is 5.16 Å². The molecule has 0 aliphatic heterocycles. The third-order valence-corrected chi connectivity index (χ3v) is 3.29. The third-order valence-electron chi connectivity index (χ3n) is 2.16. The van der Waals surface area contributed by atoms with E-state index in [-0.39, 0.29) is 10.6 Å². The Morgan fingerprint density at radius 1 is 1.47 bits per heavy atom. The standard InChI is InChI=1S/C11H14N2O5S/c1-4-18-13-7(2)8-5-6-9(19(3,16)17)10(12-8)11(14)15/h5-6H,4H2,1-3H3,(H,14,15)/b13-7+. The first-order chi connectivity index (χ1) is 8.77. The van der Waals surface area contributed by atoms with Gasteiger partial charge in [0.1, 0.15) is 12.3 Å². The van der Waals surface area contributed by atoms with Crippen LogP contribution in [0.4, 0.5) is 0 Å². The second-order valence-electron chi connectivity index (χ2n) is 3.72. The Kier molecular flexibility index (Phi) is 4.60. The van der Waals surface area contributed by atoms with Crippen molar-refractivity contribution >= 4 is 21.5 Å². The molecule has 0 aliphatic rings. The number of aromatic nitrogens is 1. The lowest BCUT2D eigenvalue weighted by Crippen LogP contribution is -2.13. The molecule has 0 spiro atoms. The molecule has 0 radical (unpaired) electrons. The van der Waals surface area contributed by atoms with Gasteiger partial charge in [-0.15, -0.1) is 0 Å². The number of carboxylic acid groups (broad SMARTS) is 1. The quantitative estimate of drug-likeness (QED) is 0.638. The van der Waals surface area contributed by atoms with Crippen molar-refractivity contribution in [3.8, 4) is 0 Å². The van der Waals surface area contributed by atoms with E-state index in [1.165, 1.54) is 12.1 Å². The maximum absolute atomic E-state index is 11.5. The minimum atomic E-state index is -3.65. The fourth-order valence-corrected chi connectivity index (χ4v) is 2.11. The van der Waals surface area contributed by atoms with Crippen molar-refractivity contribution in [2.45, 2.75) is 18.7 Å². The largest absolute Gasteiger partial charge is 0.476 e. The van der Waals surface area contributed by atoms with Crippen molar-refractivity contribution in [2.24, 2.45) is 5.16 Å². The van der Waals surface area contributed by atoms with Gasteiger partial charge in [0.2, 0.25) is 0 Å². The Bertz CT molecular complexity index is 622. The Hall–Kier alpha value is -1.96. The average molecular weight is 286 g/mol. The molecule has 7 nitrogen and oxygen atoms in total. The van der Waals surface area contributed by atoms with E-state index in [2.05, 4.69) is 10.1 Å². The number of oxime groups is 1. The lowest BCUT2D eigenvalue weighted by Gasteiger charge is -2.06. The molecular formula is C11H14N2O5S. The molecule has 1 N–H and O–H groups in total. The van der Waals surface area contributed by atoms with E-state index in [9.17, 15) is 13.2 Å². The normalized spacial score (nSPS) is 12.3. The van der Waals surface area contributed by atoms with Crippen molar-refractivity contribution < 1.29 is 23.2 Å². The van der Waals surface area contributed by atoms with E-state index in [4.69, 9.17) is 9.94 Å². The fourth-order valence-electron chi connectivity index (χ4n) is 1.31. The summed E-state index contributed by atoms with van der Waals surface area (Å²) in [5.74, 6) is -1.41. The molecule has 0 aliphatic carbocycles. The highest BCUT2D eigenvalue weighted by molar-refractivity contribution is 7.90. The van der Waals surface area contributed by atoms with E-state index in [0.717, 1.165) is 6.26 Å². The van der Waals surface area contributed by atoms with Gasteiger partial charge in [0.25, 0.3) is 0 Å². The molecule has 0 amide bonds. The molecule has 0 saturated heterocycles. The molecule has 0 bridgehead atoms. The number of rotatable bonds is 5. The summed E-state index contributed by atoms with van der Waals surface area (Å²) in [6.07, 6.45) is 0.928. The van der Waals surface area contributed by atoms with E-state index < -0.39 is 21.5 Å². The number of aromatic carboxylic acids is 1. The van der Waals surface area contributed by atoms with Gasteiger partial charge in [0.15, 0.2) is 15.5 Å².